The maximum atomic E-state index is 12.5. The standard InChI is InChI=1S/C25H33NO4/c1-4-29-22-11-7-21(8-12-22)25(13-15-28-16-14-25)18-26-24(27)17-30-23-9-5-20(6-10-23)19(2)3/h5-12,19H,4,13-18H2,1-3H3,(H,26,27). The number of nitrogens with one attached hydrogen (secondary N) is 1. The summed E-state index contributed by atoms with van der Waals surface area (Å²) >= 11 is 0. The van der Waals surface area contributed by atoms with E-state index in [0.717, 1.165) is 18.6 Å². The van der Waals surface area contributed by atoms with Crippen LogP contribution in [0, 0.1) is 0 Å². The van der Waals surface area contributed by atoms with Gasteiger partial charge in [0.25, 0.3) is 5.91 Å². The van der Waals surface area contributed by atoms with Gasteiger partial charge in [0.15, 0.2) is 6.61 Å². The van der Waals surface area contributed by atoms with E-state index in [1.807, 2.05) is 43.3 Å². The van der Waals surface area contributed by atoms with Crippen LogP contribution in [0.2, 0.25) is 0 Å². The van der Waals surface area contributed by atoms with E-state index < -0.39 is 0 Å². The van der Waals surface area contributed by atoms with Crippen LogP contribution >= 0.6 is 0 Å². The minimum absolute atomic E-state index is 0.0108. The SMILES string of the molecule is CCOc1ccc(C2(CNC(=O)COc3ccc(C(C)C)cc3)CCOCC2)cc1. The van der Waals surface area contributed by atoms with Gasteiger partial charge in [-0.05, 0) is 61.1 Å². The Hall–Kier alpha value is -2.53. The molecule has 0 unspecified atom stereocenters. The van der Waals surface area contributed by atoms with Crippen LogP contribution in [0.5, 0.6) is 11.5 Å². The van der Waals surface area contributed by atoms with Crippen LogP contribution in [0.15, 0.2) is 48.5 Å². The molecule has 1 N–H and O–H groups in total. The van der Waals surface area contributed by atoms with E-state index in [2.05, 4.69) is 31.3 Å². The van der Waals surface area contributed by atoms with Crippen molar-refractivity contribution in [2.75, 3.05) is 33.0 Å². The lowest BCUT2D eigenvalue weighted by Gasteiger charge is -2.38. The van der Waals surface area contributed by atoms with Crippen molar-refractivity contribution >= 4 is 5.91 Å². The van der Waals surface area contributed by atoms with E-state index in [9.17, 15) is 4.79 Å². The van der Waals surface area contributed by atoms with Gasteiger partial charge in [-0.25, -0.2) is 0 Å². The molecule has 1 aliphatic rings. The average Bonchev–Trinajstić information content (AvgIpc) is 2.78. The molecule has 30 heavy (non-hydrogen) atoms. The van der Waals surface area contributed by atoms with Gasteiger partial charge in [-0.3, -0.25) is 4.79 Å². The van der Waals surface area contributed by atoms with Crippen molar-refractivity contribution in [2.45, 2.75) is 44.9 Å². The van der Waals surface area contributed by atoms with Gasteiger partial charge in [0, 0.05) is 25.2 Å². The molecule has 1 heterocycles. The van der Waals surface area contributed by atoms with Crippen molar-refractivity contribution in [1.82, 2.24) is 5.32 Å². The molecule has 1 saturated heterocycles. The fourth-order valence-corrected chi connectivity index (χ4v) is 3.82. The van der Waals surface area contributed by atoms with Crippen molar-refractivity contribution in [3.63, 3.8) is 0 Å². The first-order chi connectivity index (χ1) is 14.5. The molecule has 0 aliphatic carbocycles. The van der Waals surface area contributed by atoms with Gasteiger partial charge in [-0.2, -0.15) is 0 Å². The van der Waals surface area contributed by atoms with E-state index in [1.165, 1.54) is 11.1 Å². The number of benzene rings is 2. The van der Waals surface area contributed by atoms with Crippen molar-refractivity contribution in [3.05, 3.63) is 59.7 Å². The first-order valence-electron chi connectivity index (χ1n) is 10.8. The third-order valence-electron chi connectivity index (χ3n) is 5.77. The normalized spacial score (nSPS) is 15.6. The summed E-state index contributed by atoms with van der Waals surface area (Å²) < 4.78 is 16.8. The maximum Gasteiger partial charge on any atom is 0.257 e. The molecule has 1 fully saturated rings. The fourth-order valence-electron chi connectivity index (χ4n) is 3.82. The lowest BCUT2D eigenvalue weighted by molar-refractivity contribution is -0.123. The van der Waals surface area contributed by atoms with Crippen molar-refractivity contribution in [2.24, 2.45) is 0 Å². The summed E-state index contributed by atoms with van der Waals surface area (Å²) in [5.41, 5.74) is 2.33. The second kappa shape index (κ2) is 10.5. The number of amides is 1. The average molecular weight is 412 g/mol. The Morgan fingerprint density at radius 2 is 1.60 bits per heavy atom. The van der Waals surface area contributed by atoms with Crippen LogP contribution in [0.25, 0.3) is 0 Å². The Morgan fingerprint density at radius 3 is 2.20 bits per heavy atom. The molecule has 0 aromatic heterocycles. The molecule has 0 saturated carbocycles. The number of hydrogen-bond acceptors (Lipinski definition) is 4. The second-order valence-corrected chi connectivity index (χ2v) is 8.14. The summed E-state index contributed by atoms with van der Waals surface area (Å²) in [6.45, 7) is 8.90. The molecular formula is C25H33NO4. The summed E-state index contributed by atoms with van der Waals surface area (Å²) in [6.07, 6.45) is 1.75. The number of carbonyl (C=O) groups is 1. The Kier molecular flexibility index (Phi) is 7.75. The zero-order valence-electron chi connectivity index (χ0n) is 18.3. The van der Waals surface area contributed by atoms with E-state index in [4.69, 9.17) is 14.2 Å². The predicted octanol–water partition coefficient (Wildman–Crippen LogP) is 4.45. The zero-order valence-corrected chi connectivity index (χ0v) is 18.3. The third kappa shape index (κ3) is 5.76. The molecule has 3 rings (SSSR count). The molecular weight excluding hydrogens is 378 g/mol. The van der Waals surface area contributed by atoms with Gasteiger partial charge in [-0.1, -0.05) is 38.1 Å². The number of carbonyl (C=O) groups excluding carboxylic acids is 1. The molecule has 2 aromatic carbocycles. The molecule has 0 atom stereocenters. The molecule has 0 radical (unpaired) electrons. The highest BCUT2D eigenvalue weighted by Gasteiger charge is 2.34. The zero-order chi connectivity index (χ0) is 21.4. The molecule has 0 spiro atoms. The van der Waals surface area contributed by atoms with Gasteiger partial charge in [-0.15, -0.1) is 0 Å². The van der Waals surface area contributed by atoms with Gasteiger partial charge in [0.1, 0.15) is 11.5 Å². The number of hydrogen-bond donors (Lipinski definition) is 1. The van der Waals surface area contributed by atoms with E-state index >= 15 is 0 Å². The van der Waals surface area contributed by atoms with Gasteiger partial charge >= 0.3 is 0 Å². The van der Waals surface area contributed by atoms with E-state index in [0.29, 0.717) is 38.0 Å². The van der Waals surface area contributed by atoms with Gasteiger partial charge in [0.2, 0.25) is 0 Å². The minimum atomic E-state index is -0.127. The van der Waals surface area contributed by atoms with E-state index in [1.54, 1.807) is 0 Å². The molecule has 1 amide bonds. The van der Waals surface area contributed by atoms with Crippen LogP contribution in [-0.2, 0) is 14.9 Å². The summed E-state index contributed by atoms with van der Waals surface area (Å²) in [4.78, 5) is 12.5. The Bertz CT molecular complexity index is 793. The first kappa shape index (κ1) is 22.2. The third-order valence-corrected chi connectivity index (χ3v) is 5.77. The van der Waals surface area contributed by atoms with E-state index in [-0.39, 0.29) is 17.9 Å². The van der Waals surface area contributed by atoms with Crippen LogP contribution in [0.3, 0.4) is 0 Å². The maximum absolute atomic E-state index is 12.5. The van der Waals surface area contributed by atoms with Crippen LogP contribution < -0.4 is 14.8 Å². The Morgan fingerprint density at radius 1 is 1.00 bits per heavy atom. The molecule has 5 nitrogen and oxygen atoms in total. The molecule has 5 heteroatoms. The fraction of sp³-hybridized carbons (Fsp3) is 0.480. The Balaban J connectivity index is 1.58. The minimum Gasteiger partial charge on any atom is -0.494 e. The van der Waals surface area contributed by atoms with Crippen molar-refractivity contribution in [3.8, 4) is 11.5 Å². The van der Waals surface area contributed by atoms with Crippen LogP contribution in [0.1, 0.15) is 50.7 Å². The highest BCUT2D eigenvalue weighted by molar-refractivity contribution is 5.77. The van der Waals surface area contributed by atoms with Crippen molar-refractivity contribution in [1.29, 1.82) is 0 Å². The number of ether oxygens (including phenoxy) is 3. The number of rotatable bonds is 9. The van der Waals surface area contributed by atoms with Crippen molar-refractivity contribution < 1.29 is 19.0 Å². The van der Waals surface area contributed by atoms with Gasteiger partial charge in [0.05, 0.1) is 6.61 Å². The van der Waals surface area contributed by atoms with Gasteiger partial charge < -0.3 is 19.5 Å². The smallest absolute Gasteiger partial charge is 0.257 e. The lowest BCUT2D eigenvalue weighted by Crippen LogP contribution is -2.45. The largest absolute Gasteiger partial charge is 0.494 e. The predicted molar refractivity (Wildman–Crippen MR) is 118 cm³/mol. The van der Waals surface area contributed by atoms with Crippen LogP contribution in [0.4, 0.5) is 0 Å². The molecule has 1 aliphatic heterocycles. The second-order valence-electron chi connectivity index (χ2n) is 8.14. The molecule has 0 bridgehead atoms. The monoisotopic (exact) mass is 411 g/mol. The first-order valence-corrected chi connectivity index (χ1v) is 10.8. The topological polar surface area (TPSA) is 56.8 Å². The summed E-state index contributed by atoms with van der Waals surface area (Å²) in [7, 11) is 0. The lowest BCUT2D eigenvalue weighted by atomic mass is 9.74. The summed E-state index contributed by atoms with van der Waals surface area (Å²) in [5, 5.41) is 3.08. The highest BCUT2D eigenvalue weighted by atomic mass is 16.5. The quantitative estimate of drug-likeness (QED) is 0.662. The molecule has 2 aromatic rings. The van der Waals surface area contributed by atoms with Crippen LogP contribution in [-0.4, -0.2) is 38.9 Å². The summed E-state index contributed by atoms with van der Waals surface area (Å²) in [6, 6.07) is 16.1. The summed E-state index contributed by atoms with van der Waals surface area (Å²) in [5.74, 6) is 1.94. The molecule has 162 valence electrons. The highest BCUT2D eigenvalue weighted by Crippen LogP contribution is 2.35. The Labute approximate surface area is 179 Å².